The second-order valence-electron chi connectivity index (χ2n) is 6.05. The molecule has 0 spiro atoms. The molecule has 94 valence electrons. The standard InChI is InChI=1S/C13H26N2O/c1-10-6-8-13(16-5,9-7-10)11(14)15-12(2,3)4/h10H,6-9H2,1-5H3,(H2,14,15). The maximum absolute atomic E-state index is 6.15. The van der Waals surface area contributed by atoms with E-state index in [2.05, 4.69) is 32.7 Å². The molecule has 1 fully saturated rings. The molecule has 0 saturated heterocycles. The number of hydrogen-bond donors (Lipinski definition) is 1. The highest BCUT2D eigenvalue weighted by atomic mass is 16.5. The van der Waals surface area contributed by atoms with E-state index in [9.17, 15) is 0 Å². The summed E-state index contributed by atoms with van der Waals surface area (Å²) in [5, 5.41) is 0. The number of nitrogens with two attached hydrogens (primary N) is 1. The minimum absolute atomic E-state index is 0.126. The number of hydrogen-bond acceptors (Lipinski definition) is 2. The van der Waals surface area contributed by atoms with E-state index in [1.165, 1.54) is 12.8 Å². The van der Waals surface area contributed by atoms with Crippen molar-refractivity contribution in [2.24, 2.45) is 16.6 Å². The van der Waals surface area contributed by atoms with Gasteiger partial charge in [-0.05, 0) is 52.4 Å². The van der Waals surface area contributed by atoms with Gasteiger partial charge in [0.15, 0.2) is 0 Å². The zero-order valence-electron chi connectivity index (χ0n) is 11.3. The quantitative estimate of drug-likeness (QED) is 0.581. The molecule has 1 aliphatic rings. The van der Waals surface area contributed by atoms with Gasteiger partial charge in [-0.25, -0.2) is 0 Å². The normalized spacial score (nSPS) is 32.8. The molecule has 2 N–H and O–H groups in total. The van der Waals surface area contributed by atoms with Crippen LogP contribution in [0.3, 0.4) is 0 Å². The third-order valence-electron chi connectivity index (χ3n) is 3.40. The Morgan fingerprint density at radius 1 is 1.31 bits per heavy atom. The van der Waals surface area contributed by atoms with Crippen LogP contribution in [-0.2, 0) is 4.74 Å². The lowest BCUT2D eigenvalue weighted by Crippen LogP contribution is -2.49. The van der Waals surface area contributed by atoms with Crippen LogP contribution in [0.5, 0.6) is 0 Å². The van der Waals surface area contributed by atoms with E-state index in [-0.39, 0.29) is 11.1 Å². The van der Waals surface area contributed by atoms with Gasteiger partial charge in [0.05, 0.1) is 5.54 Å². The van der Waals surface area contributed by atoms with E-state index in [0.717, 1.165) is 18.8 Å². The van der Waals surface area contributed by atoms with Gasteiger partial charge < -0.3 is 10.5 Å². The molecule has 3 heteroatoms. The Bertz CT molecular complexity index is 258. The summed E-state index contributed by atoms with van der Waals surface area (Å²) in [7, 11) is 1.75. The van der Waals surface area contributed by atoms with Crippen molar-refractivity contribution in [2.75, 3.05) is 7.11 Å². The summed E-state index contributed by atoms with van der Waals surface area (Å²) in [5.74, 6) is 1.46. The van der Waals surface area contributed by atoms with Crippen LogP contribution in [0.2, 0.25) is 0 Å². The predicted molar refractivity (Wildman–Crippen MR) is 68.7 cm³/mol. The first-order valence-electron chi connectivity index (χ1n) is 6.20. The van der Waals surface area contributed by atoms with Gasteiger partial charge in [0.25, 0.3) is 0 Å². The van der Waals surface area contributed by atoms with Crippen LogP contribution >= 0.6 is 0 Å². The van der Waals surface area contributed by atoms with Crippen LogP contribution in [-0.4, -0.2) is 24.1 Å². The molecule has 0 aromatic carbocycles. The highest BCUT2D eigenvalue weighted by molar-refractivity contribution is 5.89. The molecule has 0 amide bonds. The van der Waals surface area contributed by atoms with Gasteiger partial charge in [0.1, 0.15) is 11.4 Å². The monoisotopic (exact) mass is 226 g/mol. The Hall–Kier alpha value is -0.570. The Morgan fingerprint density at radius 2 is 1.81 bits per heavy atom. The van der Waals surface area contributed by atoms with Gasteiger partial charge in [-0.3, -0.25) is 4.99 Å². The van der Waals surface area contributed by atoms with Crippen molar-refractivity contribution < 1.29 is 4.74 Å². The Morgan fingerprint density at radius 3 is 2.19 bits per heavy atom. The SMILES string of the molecule is COC1(C(N)=NC(C)(C)C)CCC(C)CC1. The average molecular weight is 226 g/mol. The molecule has 0 aromatic heterocycles. The smallest absolute Gasteiger partial charge is 0.127 e. The first-order valence-corrected chi connectivity index (χ1v) is 6.20. The lowest BCUT2D eigenvalue weighted by molar-refractivity contribution is 0.00755. The Labute approximate surface area is 99.5 Å². The van der Waals surface area contributed by atoms with Crippen molar-refractivity contribution in [3.05, 3.63) is 0 Å². The van der Waals surface area contributed by atoms with Gasteiger partial charge in [-0.2, -0.15) is 0 Å². The van der Waals surface area contributed by atoms with Gasteiger partial charge >= 0.3 is 0 Å². The topological polar surface area (TPSA) is 47.6 Å². The molecule has 0 bridgehead atoms. The molecule has 1 saturated carbocycles. The molecule has 0 radical (unpaired) electrons. The van der Waals surface area contributed by atoms with Crippen LogP contribution in [0.25, 0.3) is 0 Å². The summed E-state index contributed by atoms with van der Waals surface area (Å²) in [6.45, 7) is 8.48. The van der Waals surface area contributed by atoms with Crippen LogP contribution in [0.1, 0.15) is 53.4 Å². The van der Waals surface area contributed by atoms with Crippen molar-refractivity contribution in [3.63, 3.8) is 0 Å². The number of rotatable bonds is 2. The summed E-state index contributed by atoms with van der Waals surface area (Å²) >= 11 is 0. The third kappa shape index (κ3) is 3.21. The highest BCUT2D eigenvalue weighted by Crippen LogP contribution is 2.35. The highest BCUT2D eigenvalue weighted by Gasteiger charge is 2.38. The first-order chi connectivity index (χ1) is 7.29. The van der Waals surface area contributed by atoms with E-state index >= 15 is 0 Å². The fourth-order valence-corrected chi connectivity index (χ4v) is 2.26. The van der Waals surface area contributed by atoms with E-state index in [1.54, 1.807) is 7.11 Å². The molecule has 0 unspecified atom stereocenters. The molecule has 0 aliphatic heterocycles. The van der Waals surface area contributed by atoms with Crippen LogP contribution in [0, 0.1) is 5.92 Å². The first kappa shape index (κ1) is 13.5. The molecular formula is C13H26N2O. The van der Waals surface area contributed by atoms with Crippen molar-refractivity contribution in [3.8, 4) is 0 Å². The number of amidine groups is 1. The van der Waals surface area contributed by atoms with Crippen molar-refractivity contribution in [1.29, 1.82) is 0 Å². The lowest BCUT2D eigenvalue weighted by Gasteiger charge is -2.38. The Balaban J connectivity index is 2.85. The summed E-state index contributed by atoms with van der Waals surface area (Å²) in [5.41, 5.74) is 5.72. The second-order valence-corrected chi connectivity index (χ2v) is 6.05. The number of ether oxygens (including phenoxy) is 1. The molecule has 16 heavy (non-hydrogen) atoms. The fourth-order valence-electron chi connectivity index (χ4n) is 2.26. The molecular weight excluding hydrogens is 200 g/mol. The maximum atomic E-state index is 6.15. The molecule has 1 aliphatic carbocycles. The van der Waals surface area contributed by atoms with Crippen LogP contribution in [0.15, 0.2) is 4.99 Å². The lowest BCUT2D eigenvalue weighted by atomic mass is 9.78. The molecule has 1 rings (SSSR count). The van der Waals surface area contributed by atoms with E-state index in [1.807, 2.05) is 0 Å². The van der Waals surface area contributed by atoms with Gasteiger partial charge in [-0.1, -0.05) is 6.92 Å². The molecule has 0 aromatic rings. The van der Waals surface area contributed by atoms with Gasteiger partial charge in [0, 0.05) is 7.11 Å². The predicted octanol–water partition coefficient (Wildman–Crippen LogP) is 2.74. The number of aliphatic imine (C=N–C) groups is 1. The second kappa shape index (κ2) is 4.74. The summed E-state index contributed by atoms with van der Waals surface area (Å²) in [4.78, 5) is 4.57. The maximum Gasteiger partial charge on any atom is 0.127 e. The Kier molecular flexibility index (Phi) is 4.00. The molecule has 0 atom stereocenters. The van der Waals surface area contributed by atoms with Crippen molar-refractivity contribution in [1.82, 2.24) is 0 Å². The average Bonchev–Trinajstić information content (AvgIpc) is 2.17. The van der Waals surface area contributed by atoms with E-state index in [0.29, 0.717) is 5.84 Å². The minimum Gasteiger partial charge on any atom is -0.385 e. The van der Waals surface area contributed by atoms with Crippen molar-refractivity contribution in [2.45, 2.75) is 64.5 Å². The zero-order valence-corrected chi connectivity index (χ0v) is 11.3. The number of methoxy groups -OCH3 is 1. The van der Waals surface area contributed by atoms with Gasteiger partial charge in [-0.15, -0.1) is 0 Å². The third-order valence-corrected chi connectivity index (χ3v) is 3.40. The number of nitrogens with zero attached hydrogens (tertiary/aromatic N) is 1. The largest absolute Gasteiger partial charge is 0.385 e. The van der Waals surface area contributed by atoms with Gasteiger partial charge in [0.2, 0.25) is 0 Å². The summed E-state index contributed by atoms with van der Waals surface area (Å²) in [6, 6.07) is 0. The fraction of sp³-hybridized carbons (Fsp3) is 0.923. The summed E-state index contributed by atoms with van der Waals surface area (Å²) < 4.78 is 5.68. The van der Waals surface area contributed by atoms with Crippen LogP contribution < -0.4 is 5.73 Å². The molecule has 0 heterocycles. The van der Waals surface area contributed by atoms with E-state index < -0.39 is 0 Å². The summed E-state index contributed by atoms with van der Waals surface area (Å²) in [6.07, 6.45) is 4.34. The molecule has 3 nitrogen and oxygen atoms in total. The minimum atomic E-state index is -0.306. The van der Waals surface area contributed by atoms with E-state index in [4.69, 9.17) is 10.5 Å². The van der Waals surface area contributed by atoms with Crippen LogP contribution in [0.4, 0.5) is 0 Å². The van der Waals surface area contributed by atoms with Crippen molar-refractivity contribution >= 4 is 5.84 Å². The zero-order chi connectivity index (χ0) is 12.4.